The van der Waals surface area contributed by atoms with E-state index in [2.05, 4.69) is 305 Å². The van der Waals surface area contributed by atoms with Gasteiger partial charge in [-0.1, -0.05) is 211 Å². The van der Waals surface area contributed by atoms with Crippen LogP contribution in [-0.4, -0.2) is 8.80 Å². The Morgan fingerprint density at radius 3 is 1.02 bits per heavy atom. The first-order valence-corrected chi connectivity index (χ1v) is 28.3. The zero-order chi connectivity index (χ0) is 54.3. The minimum atomic E-state index is 0.0588. The predicted octanol–water partition coefficient (Wildman–Crippen LogP) is 21.5. The van der Waals surface area contributed by atoms with Crippen molar-refractivity contribution in [3.63, 3.8) is 0 Å². The van der Waals surface area contributed by atoms with E-state index in [1.54, 1.807) is 0 Å². The highest BCUT2D eigenvalue weighted by Crippen LogP contribution is 2.53. The third-order valence-corrected chi connectivity index (χ3v) is 17.4. The van der Waals surface area contributed by atoms with Crippen LogP contribution in [0.25, 0.3) is 98.4 Å². The smallest absolute Gasteiger partial charge is 0.0641 e. The van der Waals surface area contributed by atoms with Crippen molar-refractivity contribution in [2.24, 2.45) is 0 Å². The molecule has 15 aromatic rings. The Kier molecular flexibility index (Phi) is 10.5. The maximum absolute atomic E-state index is 2.56. The first-order valence-electron chi connectivity index (χ1n) is 28.3. The number of aromatic nitrogens is 2. The van der Waals surface area contributed by atoms with Gasteiger partial charge in [0.2, 0.25) is 0 Å². The summed E-state index contributed by atoms with van der Waals surface area (Å²) < 4.78 is 5.13. The molecule has 0 aliphatic rings. The van der Waals surface area contributed by atoms with E-state index in [-0.39, 0.29) is 10.8 Å². The fourth-order valence-electron chi connectivity index (χ4n) is 13.4. The largest absolute Gasteiger partial charge is 0.309 e. The number of aryl methyl sites for hydroxylation is 2. The highest BCUT2D eigenvalue weighted by atomic mass is 15.2. The first-order chi connectivity index (χ1) is 38.8. The van der Waals surface area contributed by atoms with Crippen molar-refractivity contribution in [3.05, 3.63) is 253 Å². The van der Waals surface area contributed by atoms with Gasteiger partial charge in [0, 0.05) is 65.6 Å². The van der Waals surface area contributed by atoms with Crippen LogP contribution in [0.2, 0.25) is 0 Å². The standard InChI is InChI=1S/C76H62N4/c1-47-21-9-15-27-61(47)77(63-29-17-11-23-53(63)49-33-37-51(38-34-49)75(3,4)5)67-43-41-55-59-45-70-60(46-69(59)79-65-31-19-13-25-57(65)71(67)73(55)79)56-42-44-68(72-58-26-14-20-32-66(58)80(70)74(56)72)78(62-28-16-10-22-48(62)2)64-30-18-12-24-54(64)50-35-39-52(40-36-50)76(6,7)8/h9-46H,1-8H3. The molecule has 0 fully saturated rings. The average Bonchev–Trinajstić information content (AvgIpc) is 4.38. The van der Waals surface area contributed by atoms with Crippen molar-refractivity contribution < 1.29 is 0 Å². The van der Waals surface area contributed by atoms with E-state index in [1.807, 2.05) is 0 Å². The zero-order valence-corrected chi connectivity index (χ0v) is 46.7. The number of hydrogen-bond donors (Lipinski definition) is 0. The Morgan fingerprint density at radius 1 is 0.287 bits per heavy atom. The summed E-state index contributed by atoms with van der Waals surface area (Å²) in [6.45, 7) is 18.2. The summed E-state index contributed by atoms with van der Waals surface area (Å²) in [6, 6.07) is 86.7. The lowest BCUT2D eigenvalue weighted by molar-refractivity contribution is 0.590. The molecule has 4 heteroatoms. The molecular formula is C76H62N4. The van der Waals surface area contributed by atoms with Gasteiger partial charge in [-0.2, -0.15) is 0 Å². The minimum absolute atomic E-state index is 0.0588. The van der Waals surface area contributed by atoms with Crippen LogP contribution in [0.1, 0.15) is 63.8 Å². The van der Waals surface area contributed by atoms with Gasteiger partial charge in [0.15, 0.2) is 0 Å². The van der Waals surface area contributed by atoms with Gasteiger partial charge in [0.05, 0.1) is 55.8 Å². The average molecular weight is 1030 g/mol. The second kappa shape index (κ2) is 17.6. The highest BCUT2D eigenvalue weighted by Gasteiger charge is 2.30. The van der Waals surface area contributed by atoms with E-state index in [1.165, 1.54) is 121 Å². The number of fused-ring (bicyclic) bond motifs is 12. The number of hydrogen-bond acceptors (Lipinski definition) is 2. The van der Waals surface area contributed by atoms with Crippen molar-refractivity contribution in [1.82, 2.24) is 8.80 Å². The number of para-hydroxylation sites is 6. The Hall–Kier alpha value is -9.38. The third-order valence-electron chi connectivity index (χ3n) is 17.4. The maximum Gasteiger partial charge on any atom is 0.0641 e. The van der Waals surface area contributed by atoms with Gasteiger partial charge in [-0.3, -0.25) is 0 Å². The molecule has 0 aliphatic heterocycles. The molecule has 0 spiro atoms. The fourth-order valence-corrected chi connectivity index (χ4v) is 13.4. The summed E-state index contributed by atoms with van der Waals surface area (Å²) in [5.74, 6) is 0. The molecule has 4 nitrogen and oxygen atoms in total. The van der Waals surface area contributed by atoms with Crippen LogP contribution < -0.4 is 9.80 Å². The molecule has 0 N–H and O–H groups in total. The van der Waals surface area contributed by atoms with Crippen molar-refractivity contribution in [2.75, 3.05) is 9.80 Å². The Balaban J connectivity index is 0.981. The van der Waals surface area contributed by atoms with Crippen LogP contribution in [0.5, 0.6) is 0 Å². The molecule has 386 valence electrons. The molecule has 0 radical (unpaired) electrons. The van der Waals surface area contributed by atoms with Gasteiger partial charge in [0.1, 0.15) is 0 Å². The second-order valence-corrected chi connectivity index (χ2v) is 24.2. The SMILES string of the molecule is Cc1ccccc1N(c1ccccc1-c1ccc(C(C)(C)C)cc1)c1ccc2c3cc4c(cc3n3c5ccccc5c1c23)c1ccc(N(c2ccccc2C)c2ccccc2-c2ccc(C(C)(C)C)cc2)c2c3ccccc3n4c12. The van der Waals surface area contributed by atoms with Gasteiger partial charge in [-0.15, -0.1) is 0 Å². The topological polar surface area (TPSA) is 15.3 Å². The zero-order valence-electron chi connectivity index (χ0n) is 46.7. The molecular weight excluding hydrogens is 969 g/mol. The van der Waals surface area contributed by atoms with E-state index in [4.69, 9.17) is 0 Å². The van der Waals surface area contributed by atoms with Crippen molar-refractivity contribution in [2.45, 2.75) is 66.2 Å². The molecule has 0 saturated carbocycles. The van der Waals surface area contributed by atoms with E-state index in [0.29, 0.717) is 0 Å². The minimum Gasteiger partial charge on any atom is -0.309 e. The summed E-state index contributed by atoms with van der Waals surface area (Å²) in [6.07, 6.45) is 0. The van der Waals surface area contributed by atoms with E-state index < -0.39 is 0 Å². The Morgan fingerprint density at radius 2 is 0.637 bits per heavy atom. The number of benzene rings is 11. The summed E-state index contributed by atoms with van der Waals surface area (Å²) >= 11 is 0. The first kappa shape index (κ1) is 47.8. The van der Waals surface area contributed by atoms with Crippen LogP contribution in [-0.2, 0) is 10.8 Å². The van der Waals surface area contributed by atoms with Gasteiger partial charge >= 0.3 is 0 Å². The fraction of sp³-hybridized carbons (Fsp3) is 0.132. The molecule has 0 atom stereocenters. The molecule has 0 bridgehead atoms. The van der Waals surface area contributed by atoms with Crippen LogP contribution in [0.15, 0.2) is 231 Å². The normalized spacial score (nSPS) is 12.5. The summed E-state index contributed by atoms with van der Waals surface area (Å²) in [5, 5.41) is 9.95. The molecule has 0 unspecified atom stereocenters. The molecule has 15 rings (SSSR count). The van der Waals surface area contributed by atoms with E-state index >= 15 is 0 Å². The van der Waals surface area contributed by atoms with Gasteiger partial charge < -0.3 is 18.6 Å². The van der Waals surface area contributed by atoms with Crippen LogP contribution in [0.3, 0.4) is 0 Å². The Labute approximate surface area is 467 Å². The summed E-state index contributed by atoms with van der Waals surface area (Å²) in [4.78, 5) is 5.05. The van der Waals surface area contributed by atoms with Gasteiger partial charge in [-0.05, 0) is 119 Å². The van der Waals surface area contributed by atoms with Crippen LogP contribution >= 0.6 is 0 Å². The molecule has 0 saturated heterocycles. The number of nitrogens with zero attached hydrogens (tertiary/aromatic N) is 4. The van der Waals surface area contributed by atoms with Gasteiger partial charge in [0.25, 0.3) is 0 Å². The lowest BCUT2D eigenvalue weighted by Gasteiger charge is -2.30. The third kappa shape index (κ3) is 7.07. The molecule has 80 heavy (non-hydrogen) atoms. The van der Waals surface area contributed by atoms with E-state index in [9.17, 15) is 0 Å². The summed E-state index contributed by atoms with van der Waals surface area (Å²) in [5.41, 5.74) is 24.2. The predicted molar refractivity (Wildman–Crippen MR) is 343 cm³/mol. The van der Waals surface area contributed by atoms with Crippen molar-refractivity contribution in [1.29, 1.82) is 0 Å². The second-order valence-electron chi connectivity index (χ2n) is 24.2. The molecule has 4 aromatic heterocycles. The summed E-state index contributed by atoms with van der Waals surface area (Å²) in [7, 11) is 0. The van der Waals surface area contributed by atoms with Crippen molar-refractivity contribution >= 4 is 110 Å². The maximum atomic E-state index is 2.56. The molecule has 0 amide bonds. The van der Waals surface area contributed by atoms with Crippen molar-refractivity contribution in [3.8, 4) is 22.3 Å². The highest BCUT2D eigenvalue weighted by molar-refractivity contribution is 6.32. The lowest BCUT2D eigenvalue weighted by Crippen LogP contribution is -2.13. The lowest BCUT2D eigenvalue weighted by atomic mass is 9.86. The van der Waals surface area contributed by atoms with Crippen LogP contribution in [0, 0.1) is 13.8 Å². The molecule has 4 heterocycles. The molecule has 0 aliphatic carbocycles. The van der Waals surface area contributed by atoms with Gasteiger partial charge in [-0.25, -0.2) is 0 Å². The van der Waals surface area contributed by atoms with E-state index in [0.717, 1.165) is 34.1 Å². The van der Waals surface area contributed by atoms with Crippen LogP contribution in [0.4, 0.5) is 34.1 Å². The number of rotatable bonds is 8. The number of anilines is 6. The monoisotopic (exact) mass is 1030 g/mol. The molecule has 11 aromatic carbocycles. The Bertz CT molecular complexity index is 4610. The quantitative estimate of drug-likeness (QED) is 0.151.